The second kappa shape index (κ2) is 6.01. The van der Waals surface area contributed by atoms with E-state index in [1.165, 1.54) is 0 Å². The van der Waals surface area contributed by atoms with Crippen molar-refractivity contribution in [2.45, 2.75) is 25.5 Å². The average Bonchev–Trinajstić information content (AvgIpc) is 3.22. The Morgan fingerprint density at radius 3 is 1.88 bits per heavy atom. The molecular weight excluding hydrogens is 301 g/mol. The molecule has 0 radical (unpaired) electrons. The molecule has 2 heterocycles. The molecule has 2 aliphatic heterocycles. The van der Waals surface area contributed by atoms with Gasteiger partial charge in [-0.05, 0) is 11.1 Å². The molecular formula is C19H24BNO3. The van der Waals surface area contributed by atoms with Gasteiger partial charge in [0.15, 0.2) is 0 Å². The van der Waals surface area contributed by atoms with Crippen molar-refractivity contribution in [3.8, 4) is 0 Å². The number of rotatable bonds is 3. The molecule has 2 N–H and O–H groups in total. The summed E-state index contributed by atoms with van der Waals surface area (Å²) < 4.78 is 18.6. The van der Waals surface area contributed by atoms with Crippen molar-refractivity contribution in [2.75, 3.05) is 13.2 Å². The van der Waals surface area contributed by atoms with Crippen molar-refractivity contribution in [1.82, 2.24) is 0 Å². The summed E-state index contributed by atoms with van der Waals surface area (Å²) in [6.07, 6.45) is 0. The van der Waals surface area contributed by atoms with Crippen molar-refractivity contribution in [3.05, 3.63) is 71.8 Å². The summed E-state index contributed by atoms with van der Waals surface area (Å²) in [7, 11) is 0. The van der Waals surface area contributed by atoms with Crippen LogP contribution in [0.15, 0.2) is 60.7 Å². The van der Waals surface area contributed by atoms with Gasteiger partial charge in [0, 0.05) is 19.1 Å². The molecule has 2 aromatic carbocycles. The topological polar surface area (TPSA) is 44.3 Å². The van der Waals surface area contributed by atoms with Crippen LogP contribution in [0.5, 0.6) is 0 Å². The quantitative estimate of drug-likeness (QED) is 0.879. The van der Waals surface area contributed by atoms with Gasteiger partial charge in [-0.25, -0.2) is 0 Å². The second-order valence-corrected chi connectivity index (χ2v) is 6.99. The number of benzene rings is 2. The van der Waals surface area contributed by atoms with E-state index in [4.69, 9.17) is 14.0 Å². The summed E-state index contributed by atoms with van der Waals surface area (Å²) in [5, 5.41) is 2.18. The van der Waals surface area contributed by atoms with Crippen molar-refractivity contribution in [1.29, 1.82) is 0 Å². The van der Waals surface area contributed by atoms with Crippen LogP contribution < -0.4 is 5.23 Å². The third-order valence-electron chi connectivity index (χ3n) is 5.17. The smallest absolute Gasteiger partial charge is 0.484 e. The molecule has 0 aliphatic carbocycles. The van der Waals surface area contributed by atoms with E-state index in [1.54, 1.807) is 0 Å². The number of hydrogen-bond acceptors (Lipinski definition) is 3. The van der Waals surface area contributed by atoms with Gasteiger partial charge in [0.05, 0.1) is 6.04 Å². The molecule has 0 unspecified atom stereocenters. The minimum atomic E-state index is -1.80. The molecule has 5 heteroatoms. The van der Waals surface area contributed by atoms with E-state index in [9.17, 15) is 0 Å². The Labute approximate surface area is 143 Å². The molecule has 2 fully saturated rings. The lowest BCUT2D eigenvalue weighted by Gasteiger charge is -2.38. The minimum absolute atomic E-state index is 0.167. The van der Waals surface area contributed by atoms with Crippen LogP contribution in [0.1, 0.15) is 25.0 Å². The highest BCUT2D eigenvalue weighted by molar-refractivity contribution is 6.52. The molecule has 0 bridgehead atoms. The van der Waals surface area contributed by atoms with Crippen LogP contribution in [0.4, 0.5) is 0 Å². The van der Waals surface area contributed by atoms with Gasteiger partial charge in [0.25, 0.3) is 0 Å². The Hall–Kier alpha value is -1.66. The van der Waals surface area contributed by atoms with Crippen molar-refractivity contribution >= 4 is 6.89 Å². The third-order valence-corrected chi connectivity index (χ3v) is 5.17. The van der Waals surface area contributed by atoms with Gasteiger partial charge in [-0.15, -0.1) is 0 Å². The fourth-order valence-electron chi connectivity index (χ4n) is 4.17. The van der Waals surface area contributed by atoms with Gasteiger partial charge in [0.2, 0.25) is 0 Å². The molecule has 4 nitrogen and oxygen atoms in total. The summed E-state index contributed by atoms with van der Waals surface area (Å²) >= 11 is 0. The van der Waals surface area contributed by atoms with E-state index < -0.39 is 12.5 Å². The van der Waals surface area contributed by atoms with E-state index in [0.717, 1.165) is 11.1 Å². The molecule has 2 saturated heterocycles. The van der Waals surface area contributed by atoms with Crippen molar-refractivity contribution in [2.24, 2.45) is 5.92 Å². The van der Waals surface area contributed by atoms with Crippen LogP contribution in [-0.2, 0) is 19.6 Å². The SMILES string of the molecule is CC(C)[C@H]1[NH2+][B-]2(OCCO2)OC1(c1ccccc1)c1ccccc1. The lowest BCUT2D eigenvalue weighted by molar-refractivity contribution is -0.598. The monoisotopic (exact) mass is 325 g/mol. The maximum absolute atomic E-state index is 6.71. The summed E-state index contributed by atoms with van der Waals surface area (Å²) in [5.41, 5.74) is 1.70. The van der Waals surface area contributed by atoms with E-state index in [2.05, 4.69) is 67.6 Å². The first-order valence-electron chi connectivity index (χ1n) is 8.75. The number of hydrogen-bond donors (Lipinski definition) is 1. The van der Waals surface area contributed by atoms with E-state index in [-0.39, 0.29) is 6.04 Å². The maximum atomic E-state index is 6.71. The van der Waals surface area contributed by atoms with E-state index >= 15 is 0 Å². The molecule has 2 aromatic rings. The van der Waals surface area contributed by atoms with Gasteiger partial charge in [0.1, 0.15) is 5.60 Å². The van der Waals surface area contributed by atoms with Crippen LogP contribution in [0, 0.1) is 5.92 Å². The Kier molecular flexibility index (Phi) is 3.97. The Balaban J connectivity index is 1.91. The van der Waals surface area contributed by atoms with Crippen LogP contribution in [0.3, 0.4) is 0 Å². The highest BCUT2D eigenvalue weighted by Gasteiger charge is 2.62. The Morgan fingerprint density at radius 2 is 1.42 bits per heavy atom. The molecule has 24 heavy (non-hydrogen) atoms. The van der Waals surface area contributed by atoms with Crippen LogP contribution >= 0.6 is 0 Å². The lowest BCUT2D eigenvalue weighted by Crippen LogP contribution is -3.03. The summed E-state index contributed by atoms with van der Waals surface area (Å²) in [6.45, 7) is 3.83. The fraction of sp³-hybridized carbons (Fsp3) is 0.368. The van der Waals surface area contributed by atoms with Crippen LogP contribution in [0.25, 0.3) is 0 Å². The average molecular weight is 325 g/mol. The Bertz CT molecular complexity index is 647. The summed E-state index contributed by atoms with van der Waals surface area (Å²) in [5.74, 6) is 0.388. The number of nitrogens with two attached hydrogens (primary N) is 1. The molecule has 0 amide bonds. The van der Waals surface area contributed by atoms with Crippen LogP contribution in [-0.4, -0.2) is 26.1 Å². The van der Waals surface area contributed by atoms with E-state index in [1.807, 2.05) is 12.1 Å². The van der Waals surface area contributed by atoms with Gasteiger partial charge >= 0.3 is 6.89 Å². The van der Waals surface area contributed by atoms with Crippen molar-refractivity contribution < 1.29 is 19.2 Å². The highest BCUT2D eigenvalue weighted by atomic mass is 16.8. The van der Waals surface area contributed by atoms with Gasteiger partial charge < -0.3 is 19.2 Å². The zero-order valence-corrected chi connectivity index (χ0v) is 14.2. The molecule has 0 aromatic heterocycles. The first-order valence-corrected chi connectivity index (χ1v) is 8.75. The second-order valence-electron chi connectivity index (χ2n) is 6.99. The van der Waals surface area contributed by atoms with Crippen molar-refractivity contribution in [3.63, 3.8) is 0 Å². The molecule has 1 spiro atoms. The predicted octanol–water partition coefficient (Wildman–Crippen LogP) is 2.03. The largest absolute Gasteiger partial charge is 0.623 e. The zero-order chi connectivity index (χ0) is 16.6. The van der Waals surface area contributed by atoms with Gasteiger partial charge in [-0.3, -0.25) is 0 Å². The normalized spacial score (nSPS) is 24.7. The zero-order valence-electron chi connectivity index (χ0n) is 14.2. The third kappa shape index (κ3) is 2.40. The summed E-state index contributed by atoms with van der Waals surface area (Å²) in [4.78, 5) is 0. The molecule has 126 valence electrons. The molecule has 1 atom stereocenters. The molecule has 0 saturated carbocycles. The Morgan fingerprint density at radius 1 is 0.917 bits per heavy atom. The lowest BCUT2D eigenvalue weighted by atomic mass is 9.76. The fourth-order valence-corrected chi connectivity index (χ4v) is 4.17. The first-order chi connectivity index (χ1) is 11.7. The standard InChI is InChI=1S/C19H24BNO3/c1-15(2)18-19(16-9-5-3-6-10-16,17-11-7-4-8-12-17)24-20(21-18)22-13-14-23-20/h3-12,15,18H,13-14,21H2,1-2H3/t18-/m1/s1. The van der Waals surface area contributed by atoms with Gasteiger partial charge in [-0.2, -0.15) is 0 Å². The predicted molar refractivity (Wildman–Crippen MR) is 93.0 cm³/mol. The number of quaternary nitrogens is 1. The minimum Gasteiger partial charge on any atom is -0.484 e. The van der Waals surface area contributed by atoms with E-state index in [0.29, 0.717) is 19.1 Å². The highest BCUT2D eigenvalue weighted by Crippen LogP contribution is 2.43. The molecule has 2 aliphatic rings. The molecule has 4 rings (SSSR count). The first kappa shape index (κ1) is 15.8. The maximum Gasteiger partial charge on any atom is 0.623 e. The van der Waals surface area contributed by atoms with Gasteiger partial charge in [-0.1, -0.05) is 74.5 Å². The van der Waals surface area contributed by atoms with Crippen LogP contribution in [0.2, 0.25) is 0 Å². The summed E-state index contributed by atoms with van der Waals surface area (Å²) in [6, 6.07) is 21.1.